The molecule has 0 saturated carbocycles. The molecule has 0 radical (unpaired) electrons. The summed E-state index contributed by atoms with van der Waals surface area (Å²) >= 11 is 0. The van der Waals surface area contributed by atoms with Gasteiger partial charge in [0.15, 0.2) is 11.6 Å². The molecule has 4 rings (SSSR count). The summed E-state index contributed by atoms with van der Waals surface area (Å²) in [5, 5.41) is 0.195. The van der Waals surface area contributed by atoms with Crippen LogP contribution in [0.2, 0.25) is 0 Å². The lowest BCUT2D eigenvalue weighted by atomic mass is 9.95. The zero-order valence-electron chi connectivity index (χ0n) is 14.8. The average molecular weight is 388 g/mol. The molecule has 2 heterocycles. The molecule has 2 aromatic carbocycles. The Kier molecular flexibility index (Phi) is 4.43. The number of halogens is 3. The van der Waals surface area contributed by atoms with Crippen LogP contribution in [0.15, 0.2) is 41.2 Å². The van der Waals surface area contributed by atoms with E-state index in [1.54, 1.807) is 0 Å². The number of likely N-dealkylation sites (N-methyl/N-ethyl adjacent to an activating group) is 1. The third-order valence-electron chi connectivity index (χ3n) is 4.90. The van der Waals surface area contributed by atoms with Crippen LogP contribution in [-0.2, 0) is 11.3 Å². The highest BCUT2D eigenvalue weighted by molar-refractivity contribution is 5.95. The Morgan fingerprint density at radius 3 is 2.57 bits per heavy atom. The minimum Gasteiger partial charge on any atom is -0.373 e. The van der Waals surface area contributed by atoms with Gasteiger partial charge in [0.05, 0.1) is 24.6 Å². The predicted molar refractivity (Wildman–Crippen MR) is 95.4 cm³/mol. The van der Waals surface area contributed by atoms with Crippen molar-refractivity contribution < 1.29 is 22.7 Å². The second kappa shape index (κ2) is 6.79. The molecule has 5 nitrogen and oxygen atoms in total. The topological polar surface area (TPSA) is 62.4 Å². The van der Waals surface area contributed by atoms with E-state index in [2.05, 4.69) is 4.98 Å². The first-order valence-corrected chi connectivity index (χ1v) is 8.51. The van der Waals surface area contributed by atoms with Crippen molar-refractivity contribution in [2.24, 2.45) is 0 Å². The second-order valence-electron chi connectivity index (χ2n) is 6.62. The highest BCUT2D eigenvalue weighted by Crippen LogP contribution is 2.34. The van der Waals surface area contributed by atoms with Gasteiger partial charge >= 0.3 is 0 Å². The lowest BCUT2D eigenvalue weighted by Crippen LogP contribution is -2.37. The lowest BCUT2D eigenvalue weighted by molar-refractivity contribution is 0.0335. The number of pyridine rings is 1. The molecule has 1 atom stereocenters. The molecule has 0 saturated heterocycles. The van der Waals surface area contributed by atoms with Crippen LogP contribution in [0.4, 0.5) is 13.2 Å². The molecule has 0 aliphatic carbocycles. The van der Waals surface area contributed by atoms with Crippen molar-refractivity contribution in [3.05, 3.63) is 81.0 Å². The van der Waals surface area contributed by atoms with Crippen molar-refractivity contribution in [2.75, 3.05) is 13.7 Å². The fourth-order valence-electron chi connectivity index (χ4n) is 3.51. The van der Waals surface area contributed by atoms with Gasteiger partial charge in [-0.1, -0.05) is 6.07 Å². The Morgan fingerprint density at radius 1 is 1.14 bits per heavy atom. The smallest absolute Gasteiger partial charge is 0.256 e. The molecule has 1 N–H and O–H groups in total. The number of fused-ring (bicyclic) bond motifs is 3. The van der Waals surface area contributed by atoms with Gasteiger partial charge in [-0.15, -0.1) is 0 Å². The van der Waals surface area contributed by atoms with Gasteiger partial charge in [0.25, 0.3) is 11.5 Å². The van der Waals surface area contributed by atoms with E-state index >= 15 is 0 Å². The molecule has 1 amide bonds. The normalized spacial score (nSPS) is 16.1. The predicted octanol–water partition coefficient (Wildman–Crippen LogP) is 3.29. The van der Waals surface area contributed by atoms with Gasteiger partial charge < -0.3 is 14.6 Å². The highest BCUT2D eigenvalue weighted by atomic mass is 19.2. The van der Waals surface area contributed by atoms with E-state index in [1.807, 2.05) is 0 Å². The first kappa shape index (κ1) is 18.2. The van der Waals surface area contributed by atoms with Gasteiger partial charge in [-0.05, 0) is 35.7 Å². The monoisotopic (exact) mass is 388 g/mol. The first-order chi connectivity index (χ1) is 13.4. The quantitative estimate of drug-likeness (QED) is 0.733. The molecule has 1 aromatic heterocycles. The number of hydrogen-bond donors (Lipinski definition) is 1. The second-order valence-corrected chi connectivity index (χ2v) is 6.62. The minimum absolute atomic E-state index is 0.0174. The van der Waals surface area contributed by atoms with Crippen molar-refractivity contribution in [3.63, 3.8) is 0 Å². The van der Waals surface area contributed by atoms with Crippen LogP contribution in [0, 0.1) is 17.5 Å². The molecular formula is C20H15F3N2O3. The molecule has 1 aliphatic heterocycles. The van der Waals surface area contributed by atoms with Gasteiger partial charge in [-0.2, -0.15) is 0 Å². The fraction of sp³-hybridized carbons (Fsp3) is 0.200. The molecule has 3 aromatic rings. The number of amides is 1. The van der Waals surface area contributed by atoms with Crippen molar-refractivity contribution in [1.29, 1.82) is 0 Å². The third kappa shape index (κ3) is 2.95. The van der Waals surface area contributed by atoms with E-state index < -0.39 is 35.0 Å². The summed E-state index contributed by atoms with van der Waals surface area (Å²) in [6.45, 7) is 0.155. The number of ether oxygens (including phenoxy) is 1. The van der Waals surface area contributed by atoms with E-state index in [0.29, 0.717) is 11.3 Å². The number of carbonyl (C=O) groups excluding carboxylic acids is 1. The number of hydrogen-bond acceptors (Lipinski definition) is 3. The first-order valence-electron chi connectivity index (χ1n) is 8.51. The van der Waals surface area contributed by atoms with Gasteiger partial charge in [0.1, 0.15) is 5.82 Å². The van der Waals surface area contributed by atoms with Gasteiger partial charge in [-0.3, -0.25) is 9.59 Å². The standard InChI is InChI=1S/C20H15F3N2O3/c1-25(20(27)10-3-2-4-11(21)5-10)17-9-28-8-16-18(17)12-6-14(22)15(23)7-13(12)19(26)24-16/h2-7,17H,8-9H2,1H3,(H,24,26)/t17-/m0/s1. The molecule has 0 unspecified atom stereocenters. The van der Waals surface area contributed by atoms with E-state index in [4.69, 9.17) is 4.74 Å². The average Bonchev–Trinajstić information content (AvgIpc) is 2.68. The Labute approximate surface area is 157 Å². The highest BCUT2D eigenvalue weighted by Gasteiger charge is 2.31. The summed E-state index contributed by atoms with van der Waals surface area (Å²) in [5.74, 6) is -3.25. The number of nitrogens with one attached hydrogen (secondary N) is 1. The van der Waals surface area contributed by atoms with Crippen molar-refractivity contribution >= 4 is 16.7 Å². The summed E-state index contributed by atoms with van der Waals surface area (Å²) in [7, 11) is 1.51. The number of benzene rings is 2. The van der Waals surface area contributed by atoms with Crippen LogP contribution in [0.5, 0.6) is 0 Å². The number of nitrogens with zero attached hydrogens (tertiary/aromatic N) is 1. The Morgan fingerprint density at radius 2 is 1.86 bits per heavy atom. The van der Waals surface area contributed by atoms with Crippen LogP contribution in [0.1, 0.15) is 27.7 Å². The largest absolute Gasteiger partial charge is 0.373 e. The summed E-state index contributed by atoms with van der Waals surface area (Å²) in [4.78, 5) is 29.1. The molecule has 0 fully saturated rings. The maximum atomic E-state index is 13.9. The number of carbonyl (C=O) groups is 1. The Hall–Kier alpha value is -3.13. The maximum absolute atomic E-state index is 13.9. The fourth-order valence-corrected chi connectivity index (χ4v) is 3.51. The zero-order valence-corrected chi connectivity index (χ0v) is 14.8. The number of rotatable bonds is 2. The summed E-state index contributed by atoms with van der Waals surface area (Å²) < 4.78 is 46.5. The van der Waals surface area contributed by atoms with E-state index in [-0.39, 0.29) is 29.5 Å². The van der Waals surface area contributed by atoms with Crippen LogP contribution < -0.4 is 5.56 Å². The number of aromatic amines is 1. The molecular weight excluding hydrogens is 373 g/mol. The molecule has 8 heteroatoms. The molecule has 144 valence electrons. The molecule has 0 spiro atoms. The third-order valence-corrected chi connectivity index (χ3v) is 4.90. The van der Waals surface area contributed by atoms with Crippen LogP contribution >= 0.6 is 0 Å². The van der Waals surface area contributed by atoms with E-state index in [0.717, 1.165) is 18.2 Å². The number of H-pyrrole nitrogens is 1. The van der Waals surface area contributed by atoms with Gasteiger partial charge in [0, 0.05) is 23.9 Å². The van der Waals surface area contributed by atoms with E-state index in [1.165, 1.54) is 30.1 Å². The van der Waals surface area contributed by atoms with Crippen LogP contribution in [0.25, 0.3) is 10.8 Å². The molecule has 1 aliphatic rings. The van der Waals surface area contributed by atoms with Crippen LogP contribution in [0.3, 0.4) is 0 Å². The minimum atomic E-state index is -1.13. The van der Waals surface area contributed by atoms with Crippen molar-refractivity contribution in [1.82, 2.24) is 9.88 Å². The van der Waals surface area contributed by atoms with Gasteiger partial charge in [-0.25, -0.2) is 13.2 Å². The number of aromatic nitrogens is 1. The zero-order chi connectivity index (χ0) is 20.0. The SMILES string of the molecule is CN(C(=O)c1cccc(F)c1)[C@H]1COCc2[nH]c(=O)c3cc(F)c(F)cc3c21. The van der Waals surface area contributed by atoms with Crippen molar-refractivity contribution in [2.45, 2.75) is 12.6 Å². The van der Waals surface area contributed by atoms with Crippen LogP contribution in [-0.4, -0.2) is 29.4 Å². The Balaban J connectivity index is 1.86. The van der Waals surface area contributed by atoms with Gasteiger partial charge in [0.2, 0.25) is 0 Å². The Bertz CT molecular complexity index is 1160. The summed E-state index contributed by atoms with van der Waals surface area (Å²) in [6, 6.07) is 6.36. The van der Waals surface area contributed by atoms with Crippen molar-refractivity contribution in [3.8, 4) is 0 Å². The molecule has 28 heavy (non-hydrogen) atoms. The van der Waals surface area contributed by atoms with E-state index in [9.17, 15) is 22.8 Å². The summed E-state index contributed by atoms with van der Waals surface area (Å²) in [5.41, 5.74) is 0.433. The molecule has 0 bridgehead atoms. The lowest BCUT2D eigenvalue weighted by Gasteiger charge is -2.34. The maximum Gasteiger partial charge on any atom is 0.256 e. The summed E-state index contributed by atoms with van der Waals surface area (Å²) in [6.07, 6.45) is 0.